The summed E-state index contributed by atoms with van der Waals surface area (Å²) in [7, 11) is 1.57. The largest absolute Gasteiger partial charge is 0.497 e. The molecule has 4 aliphatic rings. The van der Waals surface area contributed by atoms with E-state index in [1.807, 2.05) is 48.5 Å². The summed E-state index contributed by atoms with van der Waals surface area (Å²) in [4.78, 5) is 26.5. The van der Waals surface area contributed by atoms with E-state index in [2.05, 4.69) is 0 Å². The lowest BCUT2D eigenvalue weighted by molar-refractivity contribution is -0.122. The zero-order valence-electron chi connectivity index (χ0n) is 16.5. The molecule has 2 atom stereocenters. The van der Waals surface area contributed by atoms with E-state index < -0.39 is 21.6 Å². The van der Waals surface area contributed by atoms with Gasteiger partial charge in [0, 0.05) is 0 Å². The molecule has 2 amide bonds. The van der Waals surface area contributed by atoms with Crippen molar-refractivity contribution < 1.29 is 14.3 Å². The number of ether oxygens (including phenoxy) is 1. The van der Waals surface area contributed by atoms with Gasteiger partial charge < -0.3 is 4.74 Å². The Balaban J connectivity index is 1.62. The second kappa shape index (κ2) is 6.12. The first-order chi connectivity index (χ1) is 14.9. The van der Waals surface area contributed by atoms with E-state index in [0.717, 1.165) is 22.3 Å². The third kappa shape index (κ3) is 2.07. The van der Waals surface area contributed by atoms with Crippen LogP contribution in [0.5, 0.6) is 5.75 Å². The van der Waals surface area contributed by atoms with Crippen molar-refractivity contribution in [2.24, 2.45) is 11.8 Å². The Kier molecular flexibility index (Phi) is 3.73. The Bertz CT molecular complexity index is 1150. The molecule has 154 valence electrons. The average molecular weight is 450 g/mol. The van der Waals surface area contributed by atoms with Crippen LogP contribution in [0.1, 0.15) is 22.3 Å². The van der Waals surface area contributed by atoms with Gasteiger partial charge in [-0.2, -0.15) is 0 Å². The van der Waals surface area contributed by atoms with Crippen LogP contribution in [0.2, 0.25) is 0 Å². The second-order valence-corrected chi connectivity index (χ2v) is 9.37. The summed E-state index contributed by atoms with van der Waals surface area (Å²) in [5, 5.41) is 0. The molecule has 0 saturated carbocycles. The van der Waals surface area contributed by atoms with Crippen LogP contribution in [0.3, 0.4) is 0 Å². The van der Waals surface area contributed by atoms with Gasteiger partial charge in [-0.05, 0) is 46.5 Å². The normalized spacial score (nSPS) is 30.1. The lowest BCUT2D eigenvalue weighted by atomic mass is 9.54. The number of rotatable bonds is 2. The molecule has 0 aromatic heterocycles. The van der Waals surface area contributed by atoms with Crippen LogP contribution in [0.4, 0.5) is 5.69 Å². The van der Waals surface area contributed by atoms with Crippen LogP contribution < -0.4 is 9.64 Å². The summed E-state index contributed by atoms with van der Waals surface area (Å²) in [6.07, 6.45) is 0. The average Bonchev–Trinajstić information content (AvgIpc) is 3.08. The number of carbonyl (C=O) groups is 2. The van der Waals surface area contributed by atoms with Crippen LogP contribution >= 0.6 is 23.2 Å². The molecule has 6 heteroatoms. The molecule has 0 spiro atoms. The Morgan fingerprint density at radius 2 is 1.10 bits per heavy atom. The monoisotopic (exact) mass is 449 g/mol. The zero-order chi connectivity index (χ0) is 21.5. The van der Waals surface area contributed by atoms with Gasteiger partial charge >= 0.3 is 0 Å². The maximum absolute atomic E-state index is 13.8. The van der Waals surface area contributed by atoms with E-state index in [9.17, 15) is 9.59 Å². The number of imide groups is 1. The van der Waals surface area contributed by atoms with Crippen molar-refractivity contribution in [1.29, 1.82) is 0 Å². The highest BCUT2D eigenvalue weighted by molar-refractivity contribution is 6.38. The molecule has 4 nitrogen and oxygen atoms in total. The summed E-state index contributed by atoms with van der Waals surface area (Å²) in [5.41, 5.74) is 3.67. The third-order valence-electron chi connectivity index (χ3n) is 6.92. The quantitative estimate of drug-likeness (QED) is 0.417. The molecule has 3 aliphatic carbocycles. The van der Waals surface area contributed by atoms with Gasteiger partial charge in [0.15, 0.2) is 0 Å². The number of benzene rings is 3. The first-order valence-electron chi connectivity index (χ1n) is 10.0. The van der Waals surface area contributed by atoms with Crippen molar-refractivity contribution >= 4 is 40.7 Å². The summed E-state index contributed by atoms with van der Waals surface area (Å²) >= 11 is 14.8. The number of alkyl halides is 2. The smallest absolute Gasteiger partial charge is 0.240 e. The van der Waals surface area contributed by atoms with Crippen LogP contribution in [-0.4, -0.2) is 18.9 Å². The van der Waals surface area contributed by atoms with Gasteiger partial charge in [-0.1, -0.05) is 48.5 Å². The van der Waals surface area contributed by atoms with E-state index in [1.54, 1.807) is 31.4 Å². The molecule has 1 aliphatic heterocycles. The fourth-order valence-electron chi connectivity index (χ4n) is 5.65. The summed E-state index contributed by atoms with van der Waals surface area (Å²) in [6.45, 7) is 0. The summed E-state index contributed by atoms with van der Waals surface area (Å²) in [5.74, 6) is -1.62. The van der Waals surface area contributed by atoms with E-state index in [-0.39, 0.29) is 11.8 Å². The highest BCUT2D eigenvalue weighted by atomic mass is 35.5. The van der Waals surface area contributed by atoms with Gasteiger partial charge in [0.25, 0.3) is 0 Å². The topological polar surface area (TPSA) is 46.6 Å². The first kappa shape index (κ1) is 18.9. The van der Waals surface area contributed by atoms with Crippen LogP contribution in [0.15, 0.2) is 72.8 Å². The Labute approximate surface area is 189 Å². The summed E-state index contributed by atoms with van der Waals surface area (Å²) < 4.78 is 5.21. The van der Waals surface area contributed by atoms with Crippen molar-refractivity contribution in [2.45, 2.75) is 9.75 Å². The van der Waals surface area contributed by atoms with E-state index >= 15 is 0 Å². The highest BCUT2D eigenvalue weighted by Gasteiger charge is 2.73. The van der Waals surface area contributed by atoms with Gasteiger partial charge in [-0.25, -0.2) is 4.90 Å². The molecule has 0 N–H and O–H groups in total. The molecule has 7 rings (SSSR count). The molecular formula is C25H17Cl2NO3. The number of carbonyl (C=O) groups excluding carboxylic acids is 2. The van der Waals surface area contributed by atoms with Gasteiger partial charge in [0.2, 0.25) is 11.8 Å². The molecule has 2 bridgehead atoms. The number of amides is 2. The molecule has 0 unspecified atom stereocenters. The first-order valence-corrected chi connectivity index (χ1v) is 10.8. The second-order valence-electron chi connectivity index (χ2n) is 8.18. The number of halogens is 2. The van der Waals surface area contributed by atoms with Crippen molar-refractivity contribution in [2.75, 3.05) is 12.0 Å². The number of methoxy groups -OCH3 is 1. The fourth-order valence-corrected chi connectivity index (χ4v) is 6.75. The van der Waals surface area contributed by atoms with Gasteiger partial charge in [0.1, 0.15) is 15.5 Å². The zero-order valence-corrected chi connectivity index (χ0v) is 18.0. The Hall–Kier alpha value is -2.82. The van der Waals surface area contributed by atoms with Crippen LogP contribution in [-0.2, 0) is 19.3 Å². The lowest BCUT2D eigenvalue weighted by Crippen LogP contribution is -2.57. The fraction of sp³-hybridized carbons (Fsp3) is 0.200. The standard InChI is InChI=1S/C25H17Cl2NO3/c1-31-15-12-10-14(11-13-15)28-22(29)20-21(23(28)30)25(27)17-7-3-2-6-16(17)24(20,26)18-8-4-5-9-19(18)25/h2-13,20-21H,1H3/t20-,21+,24?,25?. The Morgan fingerprint density at radius 1 is 0.710 bits per heavy atom. The minimum atomic E-state index is -1.16. The predicted molar refractivity (Wildman–Crippen MR) is 119 cm³/mol. The maximum Gasteiger partial charge on any atom is 0.240 e. The highest BCUT2D eigenvalue weighted by Crippen LogP contribution is 2.69. The molecule has 3 aromatic rings. The van der Waals surface area contributed by atoms with Gasteiger partial charge in [-0.15, -0.1) is 23.2 Å². The van der Waals surface area contributed by atoms with E-state index in [0.29, 0.717) is 11.4 Å². The molecule has 31 heavy (non-hydrogen) atoms. The third-order valence-corrected chi connectivity index (χ3v) is 8.20. The van der Waals surface area contributed by atoms with Crippen LogP contribution in [0.25, 0.3) is 0 Å². The number of hydrogen-bond acceptors (Lipinski definition) is 3. The molecule has 3 aromatic carbocycles. The minimum absolute atomic E-state index is 0.329. The van der Waals surface area contributed by atoms with E-state index in [1.165, 1.54) is 4.90 Å². The van der Waals surface area contributed by atoms with Crippen molar-refractivity contribution in [3.8, 4) is 5.75 Å². The number of nitrogens with zero attached hydrogens (tertiary/aromatic N) is 1. The molecule has 1 saturated heterocycles. The minimum Gasteiger partial charge on any atom is -0.497 e. The predicted octanol–water partition coefficient (Wildman–Crippen LogP) is 4.79. The molecule has 1 fully saturated rings. The molecule has 0 radical (unpaired) electrons. The SMILES string of the molecule is COc1ccc(N2C(=O)[C@@H]3[C@H](C2=O)C2(Cl)c4ccccc4C3(Cl)c3ccccc32)cc1. The summed E-state index contributed by atoms with van der Waals surface area (Å²) in [6, 6.07) is 22.1. The molecular weight excluding hydrogens is 433 g/mol. The van der Waals surface area contributed by atoms with Crippen molar-refractivity contribution in [3.63, 3.8) is 0 Å². The van der Waals surface area contributed by atoms with Crippen LogP contribution in [0, 0.1) is 11.8 Å². The van der Waals surface area contributed by atoms with Gasteiger partial charge in [-0.3, -0.25) is 9.59 Å². The van der Waals surface area contributed by atoms with E-state index in [4.69, 9.17) is 27.9 Å². The number of hydrogen-bond donors (Lipinski definition) is 0. The molecule has 1 heterocycles. The number of anilines is 1. The van der Waals surface area contributed by atoms with Gasteiger partial charge in [0.05, 0.1) is 24.6 Å². The van der Waals surface area contributed by atoms with Crippen molar-refractivity contribution in [1.82, 2.24) is 0 Å². The Morgan fingerprint density at radius 3 is 1.45 bits per heavy atom. The lowest BCUT2D eigenvalue weighted by Gasteiger charge is -2.54. The maximum atomic E-state index is 13.8. The van der Waals surface area contributed by atoms with Crippen molar-refractivity contribution in [3.05, 3.63) is 95.1 Å².